The van der Waals surface area contributed by atoms with Gasteiger partial charge in [0.15, 0.2) is 17.3 Å². The summed E-state index contributed by atoms with van der Waals surface area (Å²) in [6.07, 6.45) is 0. The van der Waals surface area contributed by atoms with Crippen LogP contribution in [0.2, 0.25) is 0 Å². The van der Waals surface area contributed by atoms with Crippen molar-refractivity contribution in [2.24, 2.45) is 0 Å². The summed E-state index contributed by atoms with van der Waals surface area (Å²) in [5.74, 6) is -0.148. The fraction of sp³-hybridized carbons (Fsp3) is 0.364. The Morgan fingerprint density at radius 3 is 2.69 bits per heavy atom. The van der Waals surface area contributed by atoms with Gasteiger partial charge in [0.05, 0.1) is 24.2 Å². The molecule has 0 aromatic heterocycles. The van der Waals surface area contributed by atoms with E-state index in [0.717, 1.165) is 0 Å². The maximum absolute atomic E-state index is 11.7. The molecule has 2 rings (SSSR count). The number of thioether (sulfide) groups is 1. The molecule has 0 aliphatic carbocycles. The van der Waals surface area contributed by atoms with E-state index < -0.39 is 0 Å². The Balaban J connectivity index is 1.94. The lowest BCUT2D eigenvalue weighted by molar-refractivity contribution is 0.0455. The number of rotatable bonds is 4. The standard InChI is InChI=1S/C11H12O4S/c12-9-2-1-7(3-10(9)13)11(14)6-16-8-4-15-5-8/h1-3,8,12-13H,4-6H2. The molecule has 1 heterocycles. The number of phenolic OH excluding ortho intramolecular Hbond substituents is 2. The van der Waals surface area contributed by atoms with Gasteiger partial charge in [-0.1, -0.05) is 0 Å². The van der Waals surface area contributed by atoms with E-state index in [1.807, 2.05) is 0 Å². The van der Waals surface area contributed by atoms with Gasteiger partial charge in [0.2, 0.25) is 0 Å². The zero-order valence-corrected chi connectivity index (χ0v) is 9.37. The van der Waals surface area contributed by atoms with Crippen LogP contribution in [0.1, 0.15) is 10.4 Å². The highest BCUT2D eigenvalue weighted by Crippen LogP contribution is 2.26. The molecular formula is C11H12O4S. The van der Waals surface area contributed by atoms with Crippen LogP contribution in [0.3, 0.4) is 0 Å². The second kappa shape index (κ2) is 4.76. The topological polar surface area (TPSA) is 66.8 Å². The maximum Gasteiger partial charge on any atom is 0.172 e. The van der Waals surface area contributed by atoms with Crippen LogP contribution in [0.4, 0.5) is 0 Å². The highest BCUT2D eigenvalue weighted by atomic mass is 32.2. The van der Waals surface area contributed by atoms with E-state index in [0.29, 0.717) is 29.8 Å². The summed E-state index contributed by atoms with van der Waals surface area (Å²) in [4.78, 5) is 11.7. The summed E-state index contributed by atoms with van der Waals surface area (Å²) in [5.41, 5.74) is 0.419. The van der Waals surface area contributed by atoms with Gasteiger partial charge in [-0.05, 0) is 18.2 Å². The van der Waals surface area contributed by atoms with Gasteiger partial charge >= 0.3 is 0 Å². The van der Waals surface area contributed by atoms with Crippen molar-refractivity contribution in [2.75, 3.05) is 19.0 Å². The molecule has 1 aromatic rings. The quantitative estimate of drug-likeness (QED) is 0.615. The predicted molar refractivity (Wildman–Crippen MR) is 61.2 cm³/mol. The van der Waals surface area contributed by atoms with Crippen molar-refractivity contribution >= 4 is 17.5 Å². The van der Waals surface area contributed by atoms with Crippen LogP contribution in [0.15, 0.2) is 18.2 Å². The first kappa shape index (κ1) is 11.3. The Hall–Kier alpha value is -1.20. The fourth-order valence-electron chi connectivity index (χ4n) is 1.28. The Bertz CT molecular complexity index is 401. The number of ketones is 1. The van der Waals surface area contributed by atoms with E-state index in [4.69, 9.17) is 9.84 Å². The van der Waals surface area contributed by atoms with E-state index >= 15 is 0 Å². The number of aromatic hydroxyl groups is 2. The summed E-state index contributed by atoms with van der Waals surface area (Å²) in [6.45, 7) is 1.41. The lowest BCUT2D eigenvalue weighted by Crippen LogP contribution is -2.31. The van der Waals surface area contributed by atoms with Crippen LogP contribution in [-0.2, 0) is 4.74 Å². The van der Waals surface area contributed by atoms with Gasteiger partial charge in [-0.3, -0.25) is 4.79 Å². The number of hydrogen-bond donors (Lipinski definition) is 2. The minimum atomic E-state index is -0.261. The van der Waals surface area contributed by atoms with E-state index in [9.17, 15) is 9.90 Å². The van der Waals surface area contributed by atoms with E-state index in [-0.39, 0.29) is 17.3 Å². The van der Waals surface area contributed by atoms with Crippen molar-refractivity contribution in [3.8, 4) is 11.5 Å². The second-order valence-electron chi connectivity index (χ2n) is 3.60. The minimum Gasteiger partial charge on any atom is -0.504 e. The first-order chi connectivity index (χ1) is 7.66. The van der Waals surface area contributed by atoms with Crippen LogP contribution in [0.5, 0.6) is 11.5 Å². The van der Waals surface area contributed by atoms with Crippen molar-refractivity contribution in [2.45, 2.75) is 5.25 Å². The largest absolute Gasteiger partial charge is 0.504 e. The molecule has 0 bridgehead atoms. The molecule has 0 atom stereocenters. The van der Waals surface area contributed by atoms with Gasteiger partial charge in [-0.25, -0.2) is 0 Å². The summed E-state index contributed by atoms with van der Waals surface area (Å²) < 4.78 is 5.00. The number of ether oxygens (including phenoxy) is 1. The zero-order chi connectivity index (χ0) is 11.5. The van der Waals surface area contributed by atoms with Gasteiger partial charge in [-0.2, -0.15) is 0 Å². The lowest BCUT2D eigenvalue weighted by atomic mass is 10.1. The summed E-state index contributed by atoms with van der Waals surface area (Å²) in [5, 5.41) is 18.8. The van der Waals surface area contributed by atoms with Gasteiger partial charge in [0.1, 0.15) is 0 Å². The van der Waals surface area contributed by atoms with Crippen molar-refractivity contribution in [3.05, 3.63) is 23.8 Å². The Kier molecular flexibility index (Phi) is 3.36. The van der Waals surface area contributed by atoms with Gasteiger partial charge in [0.25, 0.3) is 0 Å². The molecule has 1 saturated heterocycles. The van der Waals surface area contributed by atoms with Crippen molar-refractivity contribution in [1.29, 1.82) is 0 Å². The van der Waals surface area contributed by atoms with E-state index in [1.54, 1.807) is 11.8 Å². The van der Waals surface area contributed by atoms with E-state index in [2.05, 4.69) is 0 Å². The van der Waals surface area contributed by atoms with Crippen LogP contribution in [0, 0.1) is 0 Å². The van der Waals surface area contributed by atoms with E-state index in [1.165, 1.54) is 18.2 Å². The third-order valence-corrected chi connectivity index (χ3v) is 3.53. The van der Waals surface area contributed by atoms with Crippen LogP contribution in [-0.4, -0.2) is 40.2 Å². The Morgan fingerprint density at radius 1 is 1.38 bits per heavy atom. The van der Waals surface area contributed by atoms with Crippen LogP contribution < -0.4 is 0 Å². The third-order valence-electron chi connectivity index (χ3n) is 2.36. The fourth-order valence-corrected chi connectivity index (χ4v) is 2.22. The molecular weight excluding hydrogens is 228 g/mol. The highest BCUT2D eigenvalue weighted by molar-refractivity contribution is 8.00. The molecule has 1 aliphatic rings. The molecule has 0 amide bonds. The monoisotopic (exact) mass is 240 g/mol. The van der Waals surface area contributed by atoms with Gasteiger partial charge in [-0.15, -0.1) is 11.8 Å². The molecule has 0 unspecified atom stereocenters. The molecule has 1 aliphatic heterocycles. The molecule has 0 spiro atoms. The zero-order valence-electron chi connectivity index (χ0n) is 8.55. The lowest BCUT2D eigenvalue weighted by Gasteiger charge is -2.24. The number of phenols is 2. The van der Waals surface area contributed by atoms with Crippen molar-refractivity contribution in [1.82, 2.24) is 0 Å². The number of carbonyl (C=O) groups excluding carboxylic acids is 1. The van der Waals surface area contributed by atoms with Crippen molar-refractivity contribution < 1.29 is 19.7 Å². The summed E-state index contributed by atoms with van der Waals surface area (Å²) >= 11 is 1.56. The van der Waals surface area contributed by atoms with Gasteiger partial charge < -0.3 is 14.9 Å². The molecule has 1 fully saturated rings. The maximum atomic E-state index is 11.7. The molecule has 4 nitrogen and oxygen atoms in total. The van der Waals surface area contributed by atoms with Crippen LogP contribution >= 0.6 is 11.8 Å². The minimum absolute atomic E-state index is 0.0489. The molecule has 0 saturated carbocycles. The number of hydrogen-bond acceptors (Lipinski definition) is 5. The summed E-state index contributed by atoms with van der Waals surface area (Å²) in [6, 6.07) is 4.12. The van der Waals surface area contributed by atoms with Gasteiger partial charge in [0, 0.05) is 5.56 Å². The van der Waals surface area contributed by atoms with Crippen molar-refractivity contribution in [3.63, 3.8) is 0 Å². The highest BCUT2D eigenvalue weighted by Gasteiger charge is 2.20. The first-order valence-electron chi connectivity index (χ1n) is 4.91. The third kappa shape index (κ3) is 2.48. The SMILES string of the molecule is O=C(CSC1COC1)c1ccc(O)c(O)c1. The first-order valence-corrected chi connectivity index (χ1v) is 5.96. The normalized spacial score (nSPS) is 15.8. The number of Topliss-reactive ketones (excluding diaryl/α,β-unsaturated/α-hetero) is 1. The number of carbonyl (C=O) groups is 1. The Morgan fingerprint density at radius 2 is 2.12 bits per heavy atom. The van der Waals surface area contributed by atoms with Crippen LogP contribution in [0.25, 0.3) is 0 Å². The predicted octanol–water partition coefficient (Wildman–Crippen LogP) is 1.41. The summed E-state index contributed by atoms with van der Waals surface area (Å²) in [7, 11) is 0. The molecule has 1 aromatic carbocycles. The average Bonchev–Trinajstić information content (AvgIpc) is 2.19. The molecule has 5 heteroatoms. The molecule has 16 heavy (non-hydrogen) atoms. The smallest absolute Gasteiger partial charge is 0.172 e. The average molecular weight is 240 g/mol. The molecule has 0 radical (unpaired) electrons. The molecule has 2 N–H and O–H groups in total. The second-order valence-corrected chi connectivity index (χ2v) is 4.89. The molecule has 86 valence electrons. The number of benzene rings is 1. The Labute approximate surface area is 97.2 Å².